The SMILES string of the molecule is Cn1nnnc1SCC1=C(C(=O)O)N2C(=O)C(NS(=O)(=O)C(F)(F)F)[C@@H]2SC1. The Bertz CT molecular complexity index is 961. The molecule has 2 atom stereocenters. The van der Waals surface area contributed by atoms with Gasteiger partial charge in [-0.2, -0.15) is 17.9 Å². The van der Waals surface area contributed by atoms with Crippen LogP contribution in [0, 0.1) is 0 Å². The summed E-state index contributed by atoms with van der Waals surface area (Å²) in [7, 11) is -4.16. The first-order valence-electron chi connectivity index (χ1n) is 7.28. The zero-order chi connectivity index (χ0) is 20.9. The molecule has 1 amide bonds. The lowest BCUT2D eigenvalue weighted by molar-refractivity contribution is -0.148. The summed E-state index contributed by atoms with van der Waals surface area (Å²) < 4.78 is 62.8. The molecule has 3 heterocycles. The van der Waals surface area contributed by atoms with Crippen LogP contribution in [0.1, 0.15) is 0 Å². The molecule has 11 nitrogen and oxygen atoms in total. The number of nitrogens with zero attached hydrogens (tertiary/aromatic N) is 5. The summed E-state index contributed by atoms with van der Waals surface area (Å²) in [5.41, 5.74) is -5.61. The lowest BCUT2D eigenvalue weighted by Gasteiger charge is -2.49. The third-order valence-corrected chi connectivity index (χ3v) is 7.40. The summed E-state index contributed by atoms with van der Waals surface area (Å²) in [6, 6.07) is -1.69. The minimum atomic E-state index is -5.74. The van der Waals surface area contributed by atoms with Crippen molar-refractivity contribution in [3.05, 3.63) is 11.3 Å². The molecule has 28 heavy (non-hydrogen) atoms. The van der Waals surface area contributed by atoms with Gasteiger partial charge in [0.2, 0.25) is 11.1 Å². The highest BCUT2D eigenvalue weighted by Gasteiger charge is 2.58. The number of tetrazole rings is 1. The second-order valence-electron chi connectivity index (χ2n) is 5.59. The van der Waals surface area contributed by atoms with Gasteiger partial charge in [-0.3, -0.25) is 9.69 Å². The fourth-order valence-electron chi connectivity index (χ4n) is 2.50. The lowest BCUT2D eigenvalue weighted by Crippen LogP contribution is -2.71. The molecular formula is C11H11F3N6O5S3. The van der Waals surface area contributed by atoms with Crippen LogP contribution in [-0.2, 0) is 26.7 Å². The summed E-state index contributed by atoms with van der Waals surface area (Å²) in [6.07, 6.45) is 0. The number of alkyl halides is 3. The molecule has 1 aromatic rings. The van der Waals surface area contributed by atoms with Crippen molar-refractivity contribution in [2.75, 3.05) is 11.5 Å². The van der Waals surface area contributed by atoms with Crippen LogP contribution in [0.4, 0.5) is 13.2 Å². The summed E-state index contributed by atoms with van der Waals surface area (Å²) in [6.45, 7) is 0. The van der Waals surface area contributed by atoms with Gasteiger partial charge in [-0.15, -0.1) is 16.9 Å². The van der Waals surface area contributed by atoms with E-state index in [2.05, 4.69) is 15.5 Å². The number of β-lactam (4-membered cyclic amide) rings is 1. The van der Waals surface area contributed by atoms with Gasteiger partial charge in [0.05, 0.1) is 0 Å². The van der Waals surface area contributed by atoms with E-state index in [9.17, 15) is 36.3 Å². The second-order valence-corrected chi connectivity index (χ2v) is 9.34. The smallest absolute Gasteiger partial charge is 0.477 e. The molecule has 1 fully saturated rings. The minimum absolute atomic E-state index is 0.0819. The number of carboxylic acid groups (broad SMARTS) is 1. The number of carbonyl (C=O) groups is 2. The van der Waals surface area contributed by atoms with E-state index >= 15 is 0 Å². The Labute approximate surface area is 163 Å². The average molecular weight is 460 g/mol. The molecule has 1 unspecified atom stereocenters. The molecule has 0 aliphatic carbocycles. The molecular weight excluding hydrogens is 449 g/mol. The number of hydrogen-bond acceptors (Lipinski definition) is 9. The molecule has 0 radical (unpaired) electrons. The zero-order valence-electron chi connectivity index (χ0n) is 13.7. The van der Waals surface area contributed by atoms with Crippen LogP contribution >= 0.6 is 23.5 Å². The van der Waals surface area contributed by atoms with Gasteiger partial charge >= 0.3 is 21.5 Å². The maximum absolute atomic E-state index is 12.5. The first kappa shape index (κ1) is 20.9. The number of nitrogens with one attached hydrogen (secondary N) is 1. The van der Waals surface area contributed by atoms with Gasteiger partial charge in [-0.05, 0) is 16.0 Å². The fourth-order valence-corrected chi connectivity index (χ4v) is 5.62. The van der Waals surface area contributed by atoms with Crippen molar-refractivity contribution < 1.29 is 36.3 Å². The number of amides is 1. The first-order chi connectivity index (χ1) is 12.9. The highest BCUT2D eigenvalue weighted by molar-refractivity contribution is 8.01. The molecule has 3 rings (SSSR count). The van der Waals surface area contributed by atoms with Crippen molar-refractivity contribution in [2.45, 2.75) is 22.1 Å². The number of halogens is 3. The third-order valence-electron chi connectivity index (χ3n) is 3.79. The predicted octanol–water partition coefficient (Wildman–Crippen LogP) is -0.636. The number of aromatic nitrogens is 4. The molecule has 154 valence electrons. The van der Waals surface area contributed by atoms with Crippen LogP contribution in [0.2, 0.25) is 0 Å². The number of fused-ring (bicyclic) bond motifs is 1. The monoisotopic (exact) mass is 460 g/mol. The van der Waals surface area contributed by atoms with Gasteiger partial charge in [0, 0.05) is 18.6 Å². The van der Waals surface area contributed by atoms with Crippen molar-refractivity contribution in [1.29, 1.82) is 0 Å². The molecule has 0 aromatic carbocycles. The van der Waals surface area contributed by atoms with Gasteiger partial charge in [-0.25, -0.2) is 17.9 Å². The minimum Gasteiger partial charge on any atom is -0.477 e. The van der Waals surface area contributed by atoms with Crippen LogP contribution in [0.3, 0.4) is 0 Å². The van der Waals surface area contributed by atoms with Crippen molar-refractivity contribution >= 4 is 45.4 Å². The number of thioether (sulfide) groups is 2. The summed E-state index contributed by atoms with van der Waals surface area (Å²) in [5.74, 6) is -2.30. The Morgan fingerprint density at radius 3 is 2.68 bits per heavy atom. The van der Waals surface area contributed by atoms with Crippen LogP contribution in [0.5, 0.6) is 0 Å². The van der Waals surface area contributed by atoms with Crippen molar-refractivity contribution in [1.82, 2.24) is 29.8 Å². The van der Waals surface area contributed by atoms with E-state index in [1.54, 1.807) is 7.05 Å². The van der Waals surface area contributed by atoms with Crippen LogP contribution in [0.25, 0.3) is 0 Å². The molecule has 0 saturated carbocycles. The van der Waals surface area contributed by atoms with Gasteiger partial charge in [0.25, 0.3) is 0 Å². The number of aryl methyl sites for hydroxylation is 1. The maximum atomic E-state index is 12.5. The standard InChI is InChI=1S/C11H11F3N6O5S3/c1-19-10(15-17-18-19)27-3-4-2-26-8-5(16-28(24,25)11(12,13)14)7(21)20(8)6(4)9(22)23/h5,8,16H,2-3H2,1H3,(H,22,23)/t5?,8-/m0/s1. The van der Waals surface area contributed by atoms with Crippen LogP contribution < -0.4 is 4.72 Å². The lowest BCUT2D eigenvalue weighted by atomic mass is 10.0. The van der Waals surface area contributed by atoms with Gasteiger partial charge in [0.15, 0.2) is 0 Å². The van der Waals surface area contributed by atoms with Crippen molar-refractivity contribution in [3.8, 4) is 0 Å². The summed E-state index contributed by atoms with van der Waals surface area (Å²) >= 11 is 2.08. The first-order valence-corrected chi connectivity index (χ1v) is 10.8. The highest BCUT2D eigenvalue weighted by Crippen LogP contribution is 2.42. The predicted molar refractivity (Wildman–Crippen MR) is 89.2 cm³/mol. The number of sulfonamides is 1. The van der Waals surface area contributed by atoms with Crippen molar-refractivity contribution in [2.24, 2.45) is 7.05 Å². The van der Waals surface area contributed by atoms with E-state index < -0.39 is 38.8 Å². The molecule has 0 spiro atoms. The summed E-state index contributed by atoms with van der Waals surface area (Å²) in [4.78, 5) is 24.7. The Balaban J connectivity index is 1.80. The second kappa shape index (κ2) is 7.20. The van der Waals surface area contributed by atoms with E-state index in [1.165, 1.54) is 9.40 Å². The van der Waals surface area contributed by atoms with Crippen molar-refractivity contribution in [3.63, 3.8) is 0 Å². The topological polar surface area (TPSA) is 147 Å². The number of aliphatic carboxylic acids is 1. The normalized spacial score (nSPS) is 22.9. The number of hydrogen-bond donors (Lipinski definition) is 2. The Morgan fingerprint density at radius 1 is 1.46 bits per heavy atom. The quantitative estimate of drug-likeness (QED) is 0.415. The van der Waals surface area contributed by atoms with Gasteiger partial charge < -0.3 is 5.11 Å². The largest absolute Gasteiger partial charge is 0.511 e. The van der Waals surface area contributed by atoms with Gasteiger partial charge in [-0.1, -0.05) is 11.8 Å². The van der Waals surface area contributed by atoms with Gasteiger partial charge in [0.1, 0.15) is 17.1 Å². The van der Waals surface area contributed by atoms with E-state index in [1.807, 2.05) is 0 Å². The Hall–Kier alpha value is -1.85. The molecule has 2 N–H and O–H groups in total. The Morgan fingerprint density at radius 2 is 2.14 bits per heavy atom. The number of carboxylic acids is 1. The number of carbonyl (C=O) groups excluding carboxylic acids is 1. The van der Waals surface area contributed by atoms with Crippen LogP contribution in [0.15, 0.2) is 16.4 Å². The van der Waals surface area contributed by atoms with E-state index in [4.69, 9.17) is 0 Å². The zero-order valence-corrected chi connectivity index (χ0v) is 16.2. The molecule has 0 bridgehead atoms. The molecule has 2 aliphatic rings. The molecule has 1 aromatic heterocycles. The number of rotatable bonds is 6. The third kappa shape index (κ3) is 3.58. The fraction of sp³-hybridized carbons (Fsp3) is 0.545. The molecule has 17 heteroatoms. The van der Waals surface area contributed by atoms with Crippen LogP contribution in [-0.4, -0.2) is 78.9 Å². The molecule has 1 saturated heterocycles. The average Bonchev–Trinajstić information content (AvgIpc) is 3.00. The van der Waals surface area contributed by atoms with E-state index in [0.29, 0.717) is 10.7 Å². The summed E-state index contributed by atoms with van der Waals surface area (Å²) in [5, 5.41) is 19.6. The Kier molecular flexibility index (Phi) is 5.36. The van der Waals surface area contributed by atoms with E-state index in [0.717, 1.165) is 28.4 Å². The highest BCUT2D eigenvalue weighted by atomic mass is 32.2. The maximum Gasteiger partial charge on any atom is 0.511 e. The molecule has 2 aliphatic heterocycles. The van der Waals surface area contributed by atoms with E-state index in [-0.39, 0.29) is 17.2 Å².